The number of hydrogen-bond donors (Lipinski definition) is 1. The van der Waals surface area contributed by atoms with Gasteiger partial charge in [-0.05, 0) is 42.8 Å². The van der Waals surface area contributed by atoms with Crippen LogP contribution in [-0.4, -0.2) is 36.8 Å². The molecule has 3 rings (SSSR count). The number of carbonyl (C=O) groups excluding carboxylic acids is 1. The summed E-state index contributed by atoms with van der Waals surface area (Å²) in [6.45, 7) is 2.35. The first-order chi connectivity index (χ1) is 14.6. The van der Waals surface area contributed by atoms with E-state index in [1.807, 2.05) is 25.1 Å². The molecule has 30 heavy (non-hydrogen) atoms. The van der Waals surface area contributed by atoms with Gasteiger partial charge in [-0.1, -0.05) is 19.1 Å². The summed E-state index contributed by atoms with van der Waals surface area (Å²) in [5.74, 6) is 0.830. The highest BCUT2D eigenvalue weighted by Crippen LogP contribution is 2.31. The van der Waals surface area contributed by atoms with Crippen molar-refractivity contribution in [1.82, 2.24) is 9.97 Å². The Hall–Kier alpha value is -3.81. The lowest BCUT2D eigenvalue weighted by Crippen LogP contribution is -2.05. The van der Waals surface area contributed by atoms with E-state index in [0.29, 0.717) is 35.4 Å². The molecule has 0 spiro atoms. The number of nitrogens with one attached hydrogen (secondary N) is 1. The molecule has 1 aromatic heterocycles. The zero-order valence-corrected chi connectivity index (χ0v) is 17.0. The Kier molecular flexibility index (Phi) is 7.05. The van der Waals surface area contributed by atoms with Crippen LogP contribution in [0.2, 0.25) is 0 Å². The summed E-state index contributed by atoms with van der Waals surface area (Å²) in [5.41, 5.74) is 1.97. The molecule has 0 aliphatic carbocycles. The number of methoxy groups -OCH3 is 2. The highest BCUT2D eigenvalue weighted by atomic mass is 16.5. The Bertz CT molecular complexity index is 970. The molecular weight excluding hydrogens is 386 g/mol. The second-order valence-electron chi connectivity index (χ2n) is 6.17. The van der Waals surface area contributed by atoms with Crippen molar-refractivity contribution in [2.75, 3.05) is 26.1 Å². The van der Waals surface area contributed by atoms with E-state index < -0.39 is 0 Å². The summed E-state index contributed by atoms with van der Waals surface area (Å²) < 4.78 is 21.3. The monoisotopic (exact) mass is 409 g/mol. The van der Waals surface area contributed by atoms with Gasteiger partial charge in [-0.2, -0.15) is 9.97 Å². The zero-order valence-electron chi connectivity index (χ0n) is 17.0. The van der Waals surface area contributed by atoms with Crippen LogP contribution in [-0.2, 0) is 4.74 Å². The zero-order chi connectivity index (χ0) is 21.3. The Morgan fingerprint density at radius 2 is 1.63 bits per heavy atom. The molecule has 2 aromatic carbocycles. The second kappa shape index (κ2) is 10.1. The Balaban J connectivity index is 1.77. The average Bonchev–Trinajstić information content (AvgIpc) is 2.79. The predicted octanol–water partition coefficient (Wildman–Crippen LogP) is 4.60. The summed E-state index contributed by atoms with van der Waals surface area (Å²) in [6.07, 6.45) is 0.783. The number of nitrogens with zero attached hydrogens (tertiary/aromatic N) is 2. The number of aromatic nitrogens is 2. The van der Waals surface area contributed by atoms with Crippen molar-refractivity contribution in [2.24, 2.45) is 0 Å². The highest BCUT2D eigenvalue weighted by molar-refractivity contribution is 5.90. The second-order valence-corrected chi connectivity index (χ2v) is 6.17. The van der Waals surface area contributed by atoms with Crippen LogP contribution in [0.1, 0.15) is 23.7 Å². The lowest BCUT2D eigenvalue weighted by Gasteiger charge is -2.13. The molecule has 0 saturated carbocycles. The summed E-state index contributed by atoms with van der Waals surface area (Å²) in [7, 11) is 3.01. The topological polar surface area (TPSA) is 91.8 Å². The predicted molar refractivity (Wildman–Crippen MR) is 112 cm³/mol. The van der Waals surface area contributed by atoms with Crippen LogP contribution >= 0.6 is 0 Å². The van der Waals surface area contributed by atoms with Crippen LogP contribution in [0.25, 0.3) is 0 Å². The molecule has 0 bridgehead atoms. The molecule has 0 radical (unpaired) electrons. The molecule has 0 amide bonds. The van der Waals surface area contributed by atoms with Crippen molar-refractivity contribution in [3.63, 3.8) is 0 Å². The molecule has 0 aliphatic rings. The van der Waals surface area contributed by atoms with Crippen molar-refractivity contribution >= 4 is 17.3 Å². The van der Waals surface area contributed by atoms with Crippen molar-refractivity contribution in [2.45, 2.75) is 13.3 Å². The summed E-state index contributed by atoms with van der Waals surface area (Å²) in [6, 6.07) is 16.0. The number of hydrogen-bond acceptors (Lipinski definition) is 8. The van der Waals surface area contributed by atoms with E-state index in [-0.39, 0.29) is 12.0 Å². The molecule has 1 heterocycles. The van der Waals surface area contributed by atoms with Gasteiger partial charge in [0.15, 0.2) is 5.75 Å². The maximum atomic E-state index is 11.9. The Morgan fingerprint density at radius 1 is 0.967 bits per heavy atom. The molecule has 8 nitrogen and oxygen atoms in total. The third-order valence-corrected chi connectivity index (χ3v) is 4.00. The molecule has 1 N–H and O–H groups in total. The van der Waals surface area contributed by atoms with E-state index in [4.69, 9.17) is 18.9 Å². The smallest absolute Gasteiger partial charge is 0.338 e. The number of anilines is 2. The van der Waals surface area contributed by atoms with E-state index in [2.05, 4.69) is 15.3 Å². The van der Waals surface area contributed by atoms with Crippen LogP contribution in [0.5, 0.6) is 23.5 Å². The number of ether oxygens (including phenoxy) is 4. The van der Waals surface area contributed by atoms with E-state index in [0.717, 1.165) is 12.1 Å². The fourth-order valence-electron chi connectivity index (χ4n) is 2.52. The van der Waals surface area contributed by atoms with Crippen LogP contribution in [0.4, 0.5) is 11.4 Å². The van der Waals surface area contributed by atoms with Gasteiger partial charge in [-0.3, -0.25) is 0 Å². The minimum Gasteiger partial charge on any atom is -0.481 e. The first-order valence-electron chi connectivity index (χ1n) is 9.41. The SMILES string of the molecule is CCCOC(=O)c1ccc(Nc2ccccc2Oc2nc(OC)cc(OC)n2)cc1. The highest BCUT2D eigenvalue weighted by Gasteiger charge is 2.11. The number of para-hydroxylation sites is 2. The van der Waals surface area contributed by atoms with Gasteiger partial charge in [0.1, 0.15) is 0 Å². The van der Waals surface area contributed by atoms with Crippen LogP contribution in [0.3, 0.4) is 0 Å². The summed E-state index contributed by atoms with van der Waals surface area (Å²) >= 11 is 0. The van der Waals surface area contributed by atoms with Crippen molar-refractivity contribution in [3.8, 4) is 23.5 Å². The Labute approximate surface area is 174 Å². The van der Waals surface area contributed by atoms with E-state index in [1.165, 1.54) is 14.2 Å². The van der Waals surface area contributed by atoms with Crippen LogP contribution < -0.4 is 19.5 Å². The molecular formula is C22H23N3O5. The quantitative estimate of drug-likeness (QED) is 0.513. The van der Waals surface area contributed by atoms with E-state index in [1.54, 1.807) is 36.4 Å². The summed E-state index contributed by atoms with van der Waals surface area (Å²) in [4.78, 5) is 20.3. The van der Waals surface area contributed by atoms with E-state index in [9.17, 15) is 4.79 Å². The third kappa shape index (κ3) is 5.38. The molecule has 3 aromatic rings. The van der Waals surface area contributed by atoms with Crippen molar-refractivity contribution < 1.29 is 23.7 Å². The van der Waals surface area contributed by atoms with Crippen molar-refractivity contribution in [1.29, 1.82) is 0 Å². The fraction of sp³-hybridized carbons (Fsp3) is 0.227. The largest absolute Gasteiger partial charge is 0.481 e. The molecule has 156 valence electrons. The maximum Gasteiger partial charge on any atom is 0.338 e. The Morgan fingerprint density at radius 3 is 2.27 bits per heavy atom. The normalized spacial score (nSPS) is 10.2. The van der Waals surface area contributed by atoms with Gasteiger partial charge in [0.2, 0.25) is 11.8 Å². The maximum absolute atomic E-state index is 11.9. The average molecular weight is 409 g/mol. The molecule has 8 heteroatoms. The van der Waals surface area contributed by atoms with Gasteiger partial charge in [0.05, 0.1) is 38.1 Å². The number of benzene rings is 2. The van der Waals surface area contributed by atoms with Gasteiger partial charge in [0, 0.05) is 5.69 Å². The minimum absolute atomic E-state index is 0.0921. The van der Waals surface area contributed by atoms with Gasteiger partial charge in [0.25, 0.3) is 0 Å². The summed E-state index contributed by atoms with van der Waals surface area (Å²) in [5, 5.41) is 3.26. The molecule has 0 fully saturated rings. The van der Waals surface area contributed by atoms with Gasteiger partial charge in [-0.25, -0.2) is 4.79 Å². The lowest BCUT2D eigenvalue weighted by molar-refractivity contribution is 0.0505. The van der Waals surface area contributed by atoms with Crippen molar-refractivity contribution in [3.05, 3.63) is 60.2 Å². The third-order valence-electron chi connectivity index (χ3n) is 4.00. The number of rotatable bonds is 9. The first-order valence-corrected chi connectivity index (χ1v) is 9.41. The lowest BCUT2D eigenvalue weighted by atomic mass is 10.2. The molecule has 0 atom stereocenters. The standard InChI is InChI=1S/C22H23N3O5/c1-4-13-29-21(26)15-9-11-16(12-10-15)23-17-7-5-6-8-18(17)30-22-24-19(27-2)14-20(25-22)28-3/h5-12,14,23H,4,13H2,1-3H3. The van der Waals surface area contributed by atoms with Gasteiger partial charge >= 0.3 is 12.0 Å². The van der Waals surface area contributed by atoms with Crippen LogP contribution in [0.15, 0.2) is 54.6 Å². The van der Waals surface area contributed by atoms with Gasteiger partial charge < -0.3 is 24.3 Å². The van der Waals surface area contributed by atoms with E-state index >= 15 is 0 Å². The molecule has 0 unspecified atom stereocenters. The number of esters is 1. The minimum atomic E-state index is -0.337. The first kappa shape index (κ1) is 20.9. The van der Waals surface area contributed by atoms with Crippen LogP contribution in [0, 0.1) is 0 Å². The van der Waals surface area contributed by atoms with Gasteiger partial charge in [-0.15, -0.1) is 0 Å². The fourth-order valence-corrected chi connectivity index (χ4v) is 2.52. The molecule has 0 aliphatic heterocycles. The molecule has 0 saturated heterocycles. The number of carbonyl (C=O) groups is 1.